The summed E-state index contributed by atoms with van der Waals surface area (Å²) >= 11 is 0. The zero-order chi connectivity index (χ0) is 10.7. The number of rotatable bonds is 4. The van der Waals surface area contributed by atoms with Gasteiger partial charge in [0.1, 0.15) is 6.29 Å². The summed E-state index contributed by atoms with van der Waals surface area (Å²) in [6.07, 6.45) is 0.977. The summed E-state index contributed by atoms with van der Waals surface area (Å²) in [6, 6.07) is -0.0316. The van der Waals surface area contributed by atoms with Crippen molar-refractivity contribution in [2.24, 2.45) is 11.8 Å². The lowest BCUT2D eigenvalue weighted by Gasteiger charge is -2.42. The Kier molecular flexibility index (Phi) is 3.63. The molecular formula is C10H18N2O2. The second-order valence-corrected chi connectivity index (χ2v) is 4.14. The number of aldehydes is 1. The Morgan fingerprint density at radius 2 is 2.07 bits per heavy atom. The Bertz CT molecular complexity index is 222. The van der Waals surface area contributed by atoms with Crippen molar-refractivity contribution in [2.75, 3.05) is 20.1 Å². The summed E-state index contributed by atoms with van der Waals surface area (Å²) in [5.74, 6) is 0.467. The van der Waals surface area contributed by atoms with Crippen LogP contribution in [0.15, 0.2) is 0 Å². The van der Waals surface area contributed by atoms with Crippen LogP contribution in [0.2, 0.25) is 0 Å². The van der Waals surface area contributed by atoms with E-state index in [-0.39, 0.29) is 17.9 Å². The molecule has 0 bridgehead atoms. The summed E-state index contributed by atoms with van der Waals surface area (Å²) in [7, 11) is 1.64. The predicted octanol–water partition coefficient (Wildman–Crippen LogP) is -0.112. The van der Waals surface area contributed by atoms with E-state index in [1.807, 2.05) is 13.8 Å². The highest BCUT2D eigenvalue weighted by atomic mass is 16.2. The van der Waals surface area contributed by atoms with E-state index in [0.29, 0.717) is 19.0 Å². The topological polar surface area (TPSA) is 49.4 Å². The maximum absolute atomic E-state index is 11.2. The molecule has 0 radical (unpaired) electrons. The van der Waals surface area contributed by atoms with E-state index in [1.54, 1.807) is 7.05 Å². The van der Waals surface area contributed by atoms with E-state index in [0.717, 1.165) is 6.29 Å². The molecular weight excluding hydrogens is 180 g/mol. The van der Waals surface area contributed by atoms with Crippen molar-refractivity contribution in [1.82, 2.24) is 10.2 Å². The third-order valence-corrected chi connectivity index (χ3v) is 2.77. The molecule has 1 aliphatic rings. The lowest BCUT2D eigenvalue weighted by atomic mass is 9.93. The van der Waals surface area contributed by atoms with Crippen LogP contribution in [0.4, 0.5) is 0 Å². The Hall–Kier alpha value is -0.900. The van der Waals surface area contributed by atoms with Gasteiger partial charge < -0.3 is 10.1 Å². The first-order chi connectivity index (χ1) is 6.60. The minimum Gasteiger partial charge on any atom is -0.359 e. The number of hydrogen-bond acceptors (Lipinski definition) is 3. The van der Waals surface area contributed by atoms with Gasteiger partial charge >= 0.3 is 0 Å². The maximum Gasteiger partial charge on any atom is 0.225 e. The fraction of sp³-hybridized carbons (Fsp3) is 0.800. The standard InChI is InChI=1S/C10H18N2O2/c1-7(2)9(6-13)12-4-8(5-12)10(14)11-3/h6-9H,4-5H2,1-3H3,(H,11,14). The normalized spacial score (nSPS) is 20.3. The Morgan fingerprint density at radius 1 is 1.50 bits per heavy atom. The number of nitrogens with one attached hydrogen (secondary N) is 1. The number of likely N-dealkylation sites (tertiary alicyclic amines) is 1. The van der Waals surface area contributed by atoms with E-state index in [2.05, 4.69) is 10.2 Å². The fourth-order valence-corrected chi connectivity index (χ4v) is 1.79. The van der Waals surface area contributed by atoms with Crippen LogP contribution in [-0.4, -0.2) is 43.3 Å². The minimum atomic E-state index is -0.0316. The minimum absolute atomic E-state index is 0.0316. The van der Waals surface area contributed by atoms with E-state index >= 15 is 0 Å². The van der Waals surface area contributed by atoms with Gasteiger partial charge in [-0.25, -0.2) is 0 Å². The zero-order valence-electron chi connectivity index (χ0n) is 8.99. The third kappa shape index (κ3) is 2.12. The van der Waals surface area contributed by atoms with Gasteiger partial charge in [0.25, 0.3) is 0 Å². The van der Waals surface area contributed by atoms with E-state index in [4.69, 9.17) is 0 Å². The molecule has 4 nitrogen and oxygen atoms in total. The van der Waals surface area contributed by atoms with Crippen molar-refractivity contribution in [3.05, 3.63) is 0 Å². The van der Waals surface area contributed by atoms with Crippen LogP contribution in [-0.2, 0) is 9.59 Å². The Balaban J connectivity index is 2.39. The van der Waals surface area contributed by atoms with Crippen molar-refractivity contribution < 1.29 is 9.59 Å². The molecule has 1 N–H and O–H groups in total. The molecule has 0 aromatic heterocycles. The summed E-state index contributed by atoms with van der Waals surface area (Å²) < 4.78 is 0. The fourth-order valence-electron chi connectivity index (χ4n) is 1.79. The molecule has 1 unspecified atom stereocenters. The molecule has 1 atom stereocenters. The van der Waals surface area contributed by atoms with Crippen LogP contribution in [0.1, 0.15) is 13.8 Å². The maximum atomic E-state index is 11.2. The van der Waals surface area contributed by atoms with Crippen LogP contribution in [0.5, 0.6) is 0 Å². The van der Waals surface area contributed by atoms with Gasteiger partial charge in [-0.3, -0.25) is 9.69 Å². The van der Waals surface area contributed by atoms with Crippen molar-refractivity contribution in [3.8, 4) is 0 Å². The van der Waals surface area contributed by atoms with Crippen molar-refractivity contribution in [1.29, 1.82) is 0 Å². The molecule has 0 aromatic carbocycles. The SMILES string of the molecule is CNC(=O)C1CN(C(C=O)C(C)C)C1. The molecule has 0 spiro atoms. The highest BCUT2D eigenvalue weighted by Gasteiger charge is 2.36. The van der Waals surface area contributed by atoms with Gasteiger partial charge in [-0.2, -0.15) is 0 Å². The first-order valence-corrected chi connectivity index (χ1v) is 5.01. The molecule has 14 heavy (non-hydrogen) atoms. The first-order valence-electron chi connectivity index (χ1n) is 5.01. The van der Waals surface area contributed by atoms with Gasteiger partial charge in [0.2, 0.25) is 5.91 Å². The molecule has 0 saturated carbocycles. The lowest BCUT2D eigenvalue weighted by molar-refractivity contribution is -0.134. The molecule has 0 aromatic rings. The lowest BCUT2D eigenvalue weighted by Crippen LogP contribution is -2.58. The molecule has 1 fully saturated rings. The average molecular weight is 198 g/mol. The highest BCUT2D eigenvalue weighted by molar-refractivity contribution is 5.80. The molecule has 1 saturated heterocycles. The second-order valence-electron chi connectivity index (χ2n) is 4.14. The number of hydrogen-bond donors (Lipinski definition) is 1. The molecule has 1 rings (SSSR count). The summed E-state index contributed by atoms with van der Waals surface area (Å²) in [5.41, 5.74) is 0. The summed E-state index contributed by atoms with van der Waals surface area (Å²) in [4.78, 5) is 24.0. The number of carbonyl (C=O) groups excluding carboxylic acids is 2. The highest BCUT2D eigenvalue weighted by Crippen LogP contribution is 2.21. The smallest absolute Gasteiger partial charge is 0.225 e. The van der Waals surface area contributed by atoms with Crippen LogP contribution < -0.4 is 5.32 Å². The molecule has 4 heteroatoms. The number of nitrogens with zero attached hydrogens (tertiary/aromatic N) is 1. The van der Waals surface area contributed by atoms with E-state index in [9.17, 15) is 9.59 Å². The number of amides is 1. The third-order valence-electron chi connectivity index (χ3n) is 2.77. The van der Waals surface area contributed by atoms with Gasteiger partial charge in [-0.05, 0) is 5.92 Å². The van der Waals surface area contributed by atoms with Gasteiger partial charge in [0.05, 0.1) is 12.0 Å². The van der Waals surface area contributed by atoms with Gasteiger partial charge in [-0.1, -0.05) is 13.8 Å². The Labute approximate surface area is 84.7 Å². The second kappa shape index (κ2) is 4.55. The molecule has 1 amide bonds. The quantitative estimate of drug-likeness (QED) is 0.641. The average Bonchev–Trinajstić information content (AvgIpc) is 2.08. The monoisotopic (exact) mass is 198 g/mol. The predicted molar refractivity (Wildman–Crippen MR) is 53.8 cm³/mol. The van der Waals surface area contributed by atoms with Crippen LogP contribution in [0, 0.1) is 11.8 Å². The molecule has 1 heterocycles. The summed E-state index contributed by atoms with van der Waals surface area (Å²) in [5, 5.41) is 2.62. The molecule has 0 aliphatic carbocycles. The number of carbonyl (C=O) groups is 2. The zero-order valence-corrected chi connectivity index (χ0v) is 8.99. The largest absolute Gasteiger partial charge is 0.359 e. The van der Waals surface area contributed by atoms with Crippen LogP contribution in [0.3, 0.4) is 0 Å². The van der Waals surface area contributed by atoms with Crippen molar-refractivity contribution in [2.45, 2.75) is 19.9 Å². The first kappa shape index (κ1) is 11.2. The summed E-state index contributed by atoms with van der Waals surface area (Å²) in [6.45, 7) is 5.46. The van der Waals surface area contributed by atoms with Crippen LogP contribution >= 0.6 is 0 Å². The van der Waals surface area contributed by atoms with Gasteiger partial charge in [-0.15, -0.1) is 0 Å². The van der Waals surface area contributed by atoms with Crippen molar-refractivity contribution in [3.63, 3.8) is 0 Å². The Morgan fingerprint density at radius 3 is 2.43 bits per heavy atom. The molecule has 80 valence electrons. The molecule has 1 aliphatic heterocycles. The van der Waals surface area contributed by atoms with Crippen molar-refractivity contribution >= 4 is 12.2 Å². The van der Waals surface area contributed by atoms with Gasteiger partial charge in [0, 0.05) is 20.1 Å². The van der Waals surface area contributed by atoms with E-state index < -0.39 is 0 Å². The van der Waals surface area contributed by atoms with E-state index in [1.165, 1.54) is 0 Å². The van der Waals surface area contributed by atoms with Crippen LogP contribution in [0.25, 0.3) is 0 Å². The van der Waals surface area contributed by atoms with Gasteiger partial charge in [0.15, 0.2) is 0 Å².